The van der Waals surface area contributed by atoms with E-state index in [0.29, 0.717) is 5.69 Å². The Bertz CT molecular complexity index is 507. The van der Waals surface area contributed by atoms with Crippen LogP contribution in [-0.4, -0.2) is 21.8 Å². The van der Waals surface area contributed by atoms with Crippen LogP contribution in [0, 0.1) is 6.92 Å². The van der Waals surface area contributed by atoms with Crippen molar-refractivity contribution in [2.75, 3.05) is 18.1 Å². The van der Waals surface area contributed by atoms with E-state index in [0.717, 1.165) is 23.1 Å². The Morgan fingerprint density at radius 1 is 1.29 bits per heavy atom. The zero-order valence-electron chi connectivity index (χ0n) is 10.9. The maximum Gasteiger partial charge on any atom is 0.229 e. The highest BCUT2D eigenvalue weighted by atomic mass is 32.2. The highest BCUT2D eigenvalue weighted by Crippen LogP contribution is 2.32. The summed E-state index contributed by atoms with van der Waals surface area (Å²) in [6.45, 7) is 5.93. The molecule has 0 fully saturated rings. The molecule has 0 aliphatic heterocycles. The summed E-state index contributed by atoms with van der Waals surface area (Å²) in [4.78, 5) is 0. The molecular formula is C12H19NO3S. The fourth-order valence-electron chi connectivity index (χ4n) is 1.64. The lowest BCUT2D eigenvalue weighted by atomic mass is 9.99. The molecule has 0 saturated heterocycles. The minimum Gasteiger partial charge on any atom is -0.496 e. The number of rotatable bonds is 4. The number of hydrogen-bond acceptors (Lipinski definition) is 3. The average Bonchev–Trinajstić information content (AvgIpc) is 2.18. The van der Waals surface area contributed by atoms with E-state index in [-0.39, 0.29) is 5.92 Å². The first kappa shape index (κ1) is 13.8. The maximum absolute atomic E-state index is 11.2. The second-order valence-electron chi connectivity index (χ2n) is 4.44. The Labute approximate surface area is 103 Å². The smallest absolute Gasteiger partial charge is 0.229 e. The number of hydrogen-bond donors (Lipinski definition) is 1. The van der Waals surface area contributed by atoms with Crippen LogP contribution in [0.5, 0.6) is 5.75 Å². The van der Waals surface area contributed by atoms with Gasteiger partial charge in [-0.1, -0.05) is 13.8 Å². The molecule has 0 radical (unpaired) electrons. The van der Waals surface area contributed by atoms with Crippen molar-refractivity contribution in [2.24, 2.45) is 0 Å². The molecule has 0 aliphatic rings. The second kappa shape index (κ2) is 4.96. The van der Waals surface area contributed by atoms with Gasteiger partial charge in [-0.05, 0) is 36.1 Å². The van der Waals surface area contributed by atoms with Gasteiger partial charge in [0.2, 0.25) is 10.0 Å². The van der Waals surface area contributed by atoms with E-state index in [2.05, 4.69) is 4.72 Å². The van der Waals surface area contributed by atoms with Crippen molar-refractivity contribution in [3.8, 4) is 5.75 Å². The van der Waals surface area contributed by atoms with Crippen LogP contribution in [-0.2, 0) is 10.0 Å². The van der Waals surface area contributed by atoms with E-state index < -0.39 is 10.0 Å². The number of anilines is 1. The Kier molecular flexibility index (Phi) is 4.03. The van der Waals surface area contributed by atoms with Crippen molar-refractivity contribution in [1.29, 1.82) is 0 Å². The molecule has 0 heterocycles. The van der Waals surface area contributed by atoms with Gasteiger partial charge < -0.3 is 4.74 Å². The van der Waals surface area contributed by atoms with E-state index in [1.54, 1.807) is 7.11 Å². The minimum absolute atomic E-state index is 0.269. The first-order valence-electron chi connectivity index (χ1n) is 5.41. The van der Waals surface area contributed by atoms with Gasteiger partial charge in [-0.15, -0.1) is 0 Å². The molecule has 1 rings (SSSR count). The van der Waals surface area contributed by atoms with Gasteiger partial charge in [-0.2, -0.15) is 0 Å². The fraction of sp³-hybridized carbons (Fsp3) is 0.500. The number of aryl methyl sites for hydroxylation is 1. The van der Waals surface area contributed by atoms with E-state index in [1.165, 1.54) is 0 Å². The highest BCUT2D eigenvalue weighted by molar-refractivity contribution is 7.92. The predicted octanol–water partition coefficient (Wildman–Crippen LogP) is 2.50. The van der Waals surface area contributed by atoms with E-state index in [4.69, 9.17) is 4.74 Å². The number of methoxy groups -OCH3 is 1. The summed E-state index contributed by atoms with van der Waals surface area (Å²) in [5.41, 5.74) is 2.44. The van der Waals surface area contributed by atoms with Crippen LogP contribution in [0.15, 0.2) is 12.1 Å². The zero-order valence-corrected chi connectivity index (χ0v) is 11.7. The molecule has 0 unspecified atom stereocenters. The lowest BCUT2D eigenvalue weighted by molar-refractivity contribution is 0.407. The Balaban J connectivity index is 3.29. The minimum atomic E-state index is -3.25. The summed E-state index contributed by atoms with van der Waals surface area (Å²) < 4.78 is 30.3. The molecule has 1 aromatic rings. The van der Waals surface area contributed by atoms with Crippen molar-refractivity contribution in [3.05, 3.63) is 23.3 Å². The molecule has 96 valence electrons. The molecule has 0 amide bonds. The molecule has 5 heteroatoms. The van der Waals surface area contributed by atoms with Gasteiger partial charge in [0, 0.05) is 0 Å². The number of ether oxygens (including phenoxy) is 1. The second-order valence-corrected chi connectivity index (χ2v) is 6.19. The molecule has 0 spiro atoms. The molecule has 0 aliphatic carbocycles. The summed E-state index contributed by atoms with van der Waals surface area (Å²) in [5, 5.41) is 0. The van der Waals surface area contributed by atoms with E-state index >= 15 is 0 Å². The van der Waals surface area contributed by atoms with Crippen LogP contribution in [0.3, 0.4) is 0 Å². The van der Waals surface area contributed by atoms with Crippen molar-refractivity contribution in [2.45, 2.75) is 26.7 Å². The van der Waals surface area contributed by atoms with Gasteiger partial charge in [-0.3, -0.25) is 4.72 Å². The predicted molar refractivity (Wildman–Crippen MR) is 70.3 cm³/mol. The van der Waals surface area contributed by atoms with Crippen molar-refractivity contribution in [1.82, 2.24) is 0 Å². The van der Waals surface area contributed by atoms with Gasteiger partial charge in [0.15, 0.2) is 0 Å². The van der Waals surface area contributed by atoms with Crippen molar-refractivity contribution < 1.29 is 13.2 Å². The van der Waals surface area contributed by atoms with Crippen molar-refractivity contribution in [3.63, 3.8) is 0 Å². The monoisotopic (exact) mass is 257 g/mol. The molecule has 0 atom stereocenters. The topological polar surface area (TPSA) is 55.4 Å². The Morgan fingerprint density at radius 3 is 2.29 bits per heavy atom. The normalized spacial score (nSPS) is 11.6. The quantitative estimate of drug-likeness (QED) is 0.901. The lowest BCUT2D eigenvalue weighted by Gasteiger charge is -2.16. The fourth-order valence-corrected chi connectivity index (χ4v) is 2.26. The molecule has 1 N–H and O–H groups in total. The summed E-state index contributed by atoms with van der Waals surface area (Å²) in [6.07, 6.45) is 1.14. The SMILES string of the molecule is COc1cc(C)c(NS(C)(=O)=O)cc1C(C)C. The van der Waals surface area contributed by atoms with E-state index in [1.807, 2.05) is 32.9 Å². The summed E-state index contributed by atoms with van der Waals surface area (Å²) in [5.74, 6) is 1.06. The van der Waals surface area contributed by atoms with Gasteiger partial charge in [0.05, 0.1) is 19.1 Å². The zero-order chi connectivity index (χ0) is 13.2. The van der Waals surface area contributed by atoms with Gasteiger partial charge in [-0.25, -0.2) is 8.42 Å². The van der Waals surface area contributed by atoms with Crippen LogP contribution in [0.2, 0.25) is 0 Å². The van der Waals surface area contributed by atoms with Gasteiger partial charge >= 0.3 is 0 Å². The first-order valence-corrected chi connectivity index (χ1v) is 7.30. The molecular weight excluding hydrogens is 238 g/mol. The lowest BCUT2D eigenvalue weighted by Crippen LogP contribution is -2.11. The number of benzene rings is 1. The number of sulfonamides is 1. The van der Waals surface area contributed by atoms with Crippen LogP contribution in [0.25, 0.3) is 0 Å². The van der Waals surface area contributed by atoms with Gasteiger partial charge in [0.1, 0.15) is 5.75 Å². The van der Waals surface area contributed by atoms with Gasteiger partial charge in [0.25, 0.3) is 0 Å². The van der Waals surface area contributed by atoms with Crippen molar-refractivity contribution >= 4 is 15.7 Å². The first-order chi connectivity index (χ1) is 7.74. The van der Waals surface area contributed by atoms with Crippen LogP contribution < -0.4 is 9.46 Å². The Morgan fingerprint density at radius 2 is 1.88 bits per heavy atom. The van der Waals surface area contributed by atoms with Crippen LogP contribution in [0.1, 0.15) is 30.9 Å². The largest absolute Gasteiger partial charge is 0.496 e. The summed E-state index contributed by atoms with van der Waals surface area (Å²) >= 11 is 0. The molecule has 0 aromatic heterocycles. The number of nitrogens with one attached hydrogen (secondary N) is 1. The van der Waals surface area contributed by atoms with E-state index in [9.17, 15) is 8.42 Å². The third-order valence-corrected chi connectivity index (χ3v) is 3.08. The molecule has 17 heavy (non-hydrogen) atoms. The summed E-state index contributed by atoms with van der Waals surface area (Å²) in [7, 11) is -1.64. The standard InChI is InChI=1S/C12H19NO3S/c1-8(2)10-7-11(13-17(5,14)15)9(3)6-12(10)16-4/h6-8,13H,1-5H3. The molecule has 4 nitrogen and oxygen atoms in total. The average molecular weight is 257 g/mol. The highest BCUT2D eigenvalue weighted by Gasteiger charge is 2.13. The molecule has 0 bridgehead atoms. The third-order valence-electron chi connectivity index (χ3n) is 2.49. The maximum atomic E-state index is 11.2. The van der Waals surface area contributed by atoms with Crippen LogP contribution in [0.4, 0.5) is 5.69 Å². The molecule has 0 saturated carbocycles. The Hall–Kier alpha value is -1.23. The van der Waals surface area contributed by atoms with Crippen LogP contribution >= 0.6 is 0 Å². The molecule has 1 aromatic carbocycles. The summed E-state index contributed by atoms with van der Waals surface area (Å²) in [6, 6.07) is 3.68. The third kappa shape index (κ3) is 3.63.